The van der Waals surface area contributed by atoms with Crippen molar-refractivity contribution in [1.82, 2.24) is 0 Å². The number of carbonyl (C=O) groups excluding carboxylic acids is 1. The third-order valence-electron chi connectivity index (χ3n) is 6.12. The topological polar surface area (TPSA) is 37.3 Å². The van der Waals surface area contributed by atoms with Crippen LogP contribution in [0.3, 0.4) is 0 Å². The quantitative estimate of drug-likeness (QED) is 0.676. The molecule has 0 aromatic heterocycles. The number of carbonyl (C=O) groups is 1. The smallest absolute Gasteiger partial charge is 0.155 e. The van der Waals surface area contributed by atoms with E-state index >= 15 is 0 Å². The summed E-state index contributed by atoms with van der Waals surface area (Å²) in [5.74, 6) is 0.273. The van der Waals surface area contributed by atoms with Crippen molar-refractivity contribution in [3.05, 3.63) is 22.8 Å². The predicted octanol–water partition coefficient (Wildman–Crippen LogP) is 3.45. The van der Waals surface area contributed by atoms with E-state index in [1.54, 1.807) is 0 Å². The van der Waals surface area contributed by atoms with Gasteiger partial charge in [-0.2, -0.15) is 0 Å². The van der Waals surface area contributed by atoms with Crippen molar-refractivity contribution in [3.8, 4) is 0 Å². The van der Waals surface area contributed by atoms with Gasteiger partial charge in [-0.05, 0) is 69.4 Å². The van der Waals surface area contributed by atoms with Gasteiger partial charge in [0.15, 0.2) is 5.78 Å². The van der Waals surface area contributed by atoms with Crippen molar-refractivity contribution in [2.45, 2.75) is 69.8 Å². The molecule has 0 aliphatic heterocycles. The summed E-state index contributed by atoms with van der Waals surface area (Å²) in [6.07, 6.45) is 12.2. The van der Waals surface area contributed by atoms with Crippen LogP contribution in [0.15, 0.2) is 22.8 Å². The molecule has 0 aromatic rings. The van der Waals surface area contributed by atoms with Crippen LogP contribution in [0.1, 0.15) is 64.2 Å². The fourth-order valence-electron chi connectivity index (χ4n) is 5.27. The first kappa shape index (κ1) is 11.9. The fourth-order valence-corrected chi connectivity index (χ4v) is 5.27. The Morgan fingerprint density at radius 2 is 1.84 bits per heavy atom. The third-order valence-corrected chi connectivity index (χ3v) is 6.12. The molecule has 0 radical (unpaired) electrons. The van der Waals surface area contributed by atoms with Gasteiger partial charge in [0.1, 0.15) is 0 Å². The van der Waals surface area contributed by atoms with Gasteiger partial charge in [0.05, 0.1) is 5.60 Å². The van der Waals surface area contributed by atoms with Crippen LogP contribution in [-0.4, -0.2) is 16.5 Å². The molecule has 2 heteroatoms. The van der Waals surface area contributed by atoms with E-state index in [0.717, 1.165) is 38.5 Å². The van der Waals surface area contributed by atoms with Crippen LogP contribution in [0, 0.1) is 5.41 Å². The highest BCUT2D eigenvalue weighted by molar-refractivity contribution is 5.92. The van der Waals surface area contributed by atoms with E-state index in [0.29, 0.717) is 6.42 Å². The average Bonchev–Trinajstić information content (AvgIpc) is 2.67. The maximum absolute atomic E-state index is 11.8. The minimum absolute atomic E-state index is 0.0891. The first-order valence-corrected chi connectivity index (χ1v) is 7.83. The fraction of sp³-hybridized carbons (Fsp3) is 0.706. The Morgan fingerprint density at radius 1 is 1.00 bits per heavy atom. The van der Waals surface area contributed by atoms with Gasteiger partial charge in [-0.15, -0.1) is 0 Å². The van der Waals surface area contributed by atoms with Gasteiger partial charge in [0.25, 0.3) is 0 Å². The summed E-state index contributed by atoms with van der Waals surface area (Å²) in [6.45, 7) is 0. The number of ketones is 1. The van der Waals surface area contributed by atoms with E-state index < -0.39 is 5.60 Å². The van der Waals surface area contributed by atoms with Crippen molar-refractivity contribution in [1.29, 1.82) is 0 Å². The zero-order valence-corrected chi connectivity index (χ0v) is 11.5. The summed E-state index contributed by atoms with van der Waals surface area (Å²) in [4.78, 5) is 11.8. The molecule has 4 aliphatic rings. The molecule has 0 saturated heterocycles. The molecule has 4 aliphatic carbocycles. The summed E-state index contributed by atoms with van der Waals surface area (Å²) < 4.78 is 0. The number of aliphatic hydroxyl groups is 1. The lowest BCUT2D eigenvalue weighted by molar-refractivity contribution is -0.118. The molecule has 1 fully saturated rings. The van der Waals surface area contributed by atoms with Crippen LogP contribution < -0.4 is 0 Å². The molecule has 0 aromatic carbocycles. The molecule has 0 bridgehead atoms. The van der Waals surface area contributed by atoms with Crippen LogP contribution in [0.5, 0.6) is 0 Å². The SMILES string of the molecule is O=C1C=C2CCC[C@@]3(O)C4=C(CCCC4)C[C@@]23CC1. The van der Waals surface area contributed by atoms with Crippen molar-refractivity contribution < 1.29 is 9.90 Å². The Morgan fingerprint density at radius 3 is 2.74 bits per heavy atom. The van der Waals surface area contributed by atoms with E-state index in [2.05, 4.69) is 0 Å². The molecule has 1 spiro atoms. The van der Waals surface area contributed by atoms with Crippen LogP contribution >= 0.6 is 0 Å². The van der Waals surface area contributed by atoms with Crippen LogP contribution in [0.4, 0.5) is 0 Å². The number of hydrogen-bond donors (Lipinski definition) is 1. The lowest BCUT2D eigenvalue weighted by Crippen LogP contribution is -2.51. The van der Waals surface area contributed by atoms with Gasteiger partial charge >= 0.3 is 0 Å². The molecule has 19 heavy (non-hydrogen) atoms. The van der Waals surface area contributed by atoms with Crippen LogP contribution in [0.25, 0.3) is 0 Å². The average molecular weight is 258 g/mol. The number of allylic oxidation sites excluding steroid dienone is 2. The number of hydrogen-bond acceptors (Lipinski definition) is 2. The van der Waals surface area contributed by atoms with Crippen molar-refractivity contribution in [2.75, 3.05) is 0 Å². The second-order valence-corrected chi connectivity index (χ2v) is 6.90. The number of fused-ring (bicyclic) bond motifs is 1. The van der Waals surface area contributed by atoms with E-state index in [4.69, 9.17) is 0 Å². The Bertz CT molecular complexity index is 513. The molecule has 2 nitrogen and oxygen atoms in total. The molecule has 102 valence electrons. The van der Waals surface area contributed by atoms with Crippen LogP contribution in [-0.2, 0) is 4.79 Å². The molecule has 0 amide bonds. The maximum atomic E-state index is 11.8. The standard InChI is InChI=1S/C17H22O2/c18-14-7-9-16-11-12-4-1-2-6-15(12)17(16,19)8-3-5-13(16)10-14/h10,19H,1-9,11H2/t16-,17+/m0/s1. The summed E-state index contributed by atoms with van der Waals surface area (Å²) >= 11 is 0. The Hall–Kier alpha value is -0.890. The summed E-state index contributed by atoms with van der Waals surface area (Å²) in [6, 6.07) is 0. The van der Waals surface area contributed by atoms with Gasteiger partial charge in [0, 0.05) is 11.8 Å². The first-order valence-electron chi connectivity index (χ1n) is 7.83. The summed E-state index contributed by atoms with van der Waals surface area (Å²) in [5.41, 5.74) is 3.49. The zero-order valence-electron chi connectivity index (χ0n) is 11.5. The van der Waals surface area contributed by atoms with Gasteiger partial charge in [-0.3, -0.25) is 4.79 Å². The lowest BCUT2D eigenvalue weighted by Gasteiger charge is -2.51. The Labute approximate surface area is 114 Å². The lowest BCUT2D eigenvalue weighted by atomic mass is 9.56. The van der Waals surface area contributed by atoms with Crippen molar-refractivity contribution in [3.63, 3.8) is 0 Å². The molecule has 1 N–H and O–H groups in total. The molecular weight excluding hydrogens is 236 g/mol. The Kier molecular flexibility index (Phi) is 2.39. The van der Waals surface area contributed by atoms with Gasteiger partial charge < -0.3 is 5.11 Å². The summed E-state index contributed by atoms with van der Waals surface area (Å²) in [7, 11) is 0. The minimum atomic E-state index is -0.604. The molecule has 1 saturated carbocycles. The second kappa shape index (κ2) is 3.82. The van der Waals surface area contributed by atoms with Crippen molar-refractivity contribution in [2.24, 2.45) is 5.41 Å². The maximum Gasteiger partial charge on any atom is 0.155 e. The highest BCUT2D eigenvalue weighted by Crippen LogP contribution is 2.65. The zero-order chi connectivity index (χ0) is 13.1. The van der Waals surface area contributed by atoms with Gasteiger partial charge in [-0.1, -0.05) is 11.1 Å². The van der Waals surface area contributed by atoms with E-state index in [9.17, 15) is 9.90 Å². The molecule has 2 atom stereocenters. The first-order chi connectivity index (χ1) is 9.16. The van der Waals surface area contributed by atoms with Gasteiger partial charge in [-0.25, -0.2) is 0 Å². The highest BCUT2D eigenvalue weighted by Gasteiger charge is 2.61. The van der Waals surface area contributed by atoms with E-state index in [1.165, 1.54) is 36.0 Å². The number of rotatable bonds is 0. The molecule has 4 rings (SSSR count). The normalized spacial score (nSPS) is 41.5. The molecular formula is C17H22O2. The highest BCUT2D eigenvalue weighted by atomic mass is 16.3. The molecule has 0 heterocycles. The van der Waals surface area contributed by atoms with E-state index in [-0.39, 0.29) is 11.2 Å². The van der Waals surface area contributed by atoms with E-state index in [1.807, 2.05) is 6.08 Å². The second-order valence-electron chi connectivity index (χ2n) is 6.90. The third kappa shape index (κ3) is 1.38. The summed E-state index contributed by atoms with van der Waals surface area (Å²) in [5, 5.41) is 11.5. The monoisotopic (exact) mass is 258 g/mol. The van der Waals surface area contributed by atoms with Gasteiger partial charge in [0.2, 0.25) is 0 Å². The predicted molar refractivity (Wildman–Crippen MR) is 73.7 cm³/mol. The van der Waals surface area contributed by atoms with Crippen LogP contribution in [0.2, 0.25) is 0 Å². The Balaban J connectivity index is 1.86. The largest absolute Gasteiger partial charge is 0.385 e. The minimum Gasteiger partial charge on any atom is -0.385 e. The molecule has 0 unspecified atom stereocenters. The van der Waals surface area contributed by atoms with Crippen molar-refractivity contribution >= 4 is 5.78 Å².